The fourth-order valence-electron chi connectivity index (χ4n) is 3.38. The highest BCUT2D eigenvalue weighted by molar-refractivity contribution is 5.78. The SMILES string of the molecule is CC(C)(C)NCC(=O)N1CCCC2CCCCC21. The van der Waals surface area contributed by atoms with E-state index in [0.717, 1.165) is 12.5 Å². The molecule has 1 saturated carbocycles. The molecule has 0 spiro atoms. The summed E-state index contributed by atoms with van der Waals surface area (Å²) < 4.78 is 0. The first-order valence-electron chi connectivity index (χ1n) is 7.52. The monoisotopic (exact) mass is 252 g/mol. The number of carbonyl (C=O) groups is 1. The lowest BCUT2D eigenvalue weighted by Gasteiger charge is -2.44. The molecule has 104 valence electrons. The van der Waals surface area contributed by atoms with Crippen LogP contribution in [-0.4, -0.2) is 35.5 Å². The third-order valence-corrected chi connectivity index (χ3v) is 4.33. The Morgan fingerprint density at radius 3 is 2.56 bits per heavy atom. The summed E-state index contributed by atoms with van der Waals surface area (Å²) in [7, 11) is 0. The molecule has 1 heterocycles. The molecule has 2 atom stereocenters. The van der Waals surface area contributed by atoms with Gasteiger partial charge in [-0.2, -0.15) is 0 Å². The van der Waals surface area contributed by atoms with Gasteiger partial charge in [-0.3, -0.25) is 4.79 Å². The molecule has 1 N–H and O–H groups in total. The van der Waals surface area contributed by atoms with Crippen LogP contribution in [0, 0.1) is 5.92 Å². The predicted molar refractivity (Wildman–Crippen MR) is 74.4 cm³/mol. The Balaban J connectivity index is 1.91. The van der Waals surface area contributed by atoms with Gasteiger partial charge in [-0.05, 0) is 52.4 Å². The van der Waals surface area contributed by atoms with Crippen LogP contribution in [0.2, 0.25) is 0 Å². The summed E-state index contributed by atoms with van der Waals surface area (Å²) in [6.45, 7) is 7.80. The Labute approximate surface area is 111 Å². The summed E-state index contributed by atoms with van der Waals surface area (Å²) in [4.78, 5) is 14.5. The molecule has 18 heavy (non-hydrogen) atoms. The van der Waals surface area contributed by atoms with Gasteiger partial charge in [-0.25, -0.2) is 0 Å². The lowest BCUT2D eigenvalue weighted by Crippen LogP contribution is -2.53. The van der Waals surface area contributed by atoms with E-state index in [1.54, 1.807) is 0 Å². The average Bonchev–Trinajstić information content (AvgIpc) is 2.34. The maximum absolute atomic E-state index is 12.4. The van der Waals surface area contributed by atoms with Crippen molar-refractivity contribution in [1.82, 2.24) is 10.2 Å². The third kappa shape index (κ3) is 3.47. The number of hydrogen-bond acceptors (Lipinski definition) is 2. The molecule has 1 amide bonds. The normalized spacial score (nSPS) is 28.9. The fraction of sp³-hybridized carbons (Fsp3) is 0.933. The van der Waals surface area contributed by atoms with E-state index < -0.39 is 0 Å². The van der Waals surface area contributed by atoms with Crippen LogP contribution in [0.4, 0.5) is 0 Å². The number of piperidine rings is 1. The van der Waals surface area contributed by atoms with Crippen molar-refractivity contribution in [3.05, 3.63) is 0 Å². The number of hydrogen-bond donors (Lipinski definition) is 1. The average molecular weight is 252 g/mol. The van der Waals surface area contributed by atoms with Crippen molar-refractivity contribution < 1.29 is 4.79 Å². The van der Waals surface area contributed by atoms with Gasteiger partial charge in [-0.1, -0.05) is 12.8 Å². The molecule has 2 fully saturated rings. The minimum atomic E-state index is 0.0252. The molecule has 2 rings (SSSR count). The smallest absolute Gasteiger partial charge is 0.236 e. The van der Waals surface area contributed by atoms with E-state index in [9.17, 15) is 4.79 Å². The molecule has 1 aliphatic carbocycles. The van der Waals surface area contributed by atoms with Gasteiger partial charge in [0.15, 0.2) is 0 Å². The van der Waals surface area contributed by atoms with E-state index in [0.29, 0.717) is 18.5 Å². The molecule has 0 bridgehead atoms. The van der Waals surface area contributed by atoms with Crippen LogP contribution < -0.4 is 5.32 Å². The number of nitrogens with zero attached hydrogens (tertiary/aromatic N) is 1. The summed E-state index contributed by atoms with van der Waals surface area (Å²) in [5.41, 5.74) is 0.0252. The van der Waals surface area contributed by atoms with E-state index >= 15 is 0 Å². The van der Waals surface area contributed by atoms with Gasteiger partial charge in [-0.15, -0.1) is 0 Å². The van der Waals surface area contributed by atoms with E-state index in [1.807, 2.05) is 0 Å². The first kappa shape index (κ1) is 13.9. The maximum Gasteiger partial charge on any atom is 0.236 e. The molecule has 2 unspecified atom stereocenters. The van der Waals surface area contributed by atoms with Crippen LogP contribution in [0.3, 0.4) is 0 Å². The lowest BCUT2D eigenvalue weighted by atomic mass is 9.78. The van der Waals surface area contributed by atoms with Gasteiger partial charge in [0.1, 0.15) is 0 Å². The second-order valence-electron chi connectivity index (χ2n) is 6.94. The number of rotatable bonds is 2. The molecule has 3 nitrogen and oxygen atoms in total. The number of likely N-dealkylation sites (tertiary alicyclic amines) is 1. The van der Waals surface area contributed by atoms with Gasteiger partial charge >= 0.3 is 0 Å². The van der Waals surface area contributed by atoms with Crippen LogP contribution >= 0.6 is 0 Å². The topological polar surface area (TPSA) is 32.3 Å². The van der Waals surface area contributed by atoms with Crippen molar-refractivity contribution in [2.75, 3.05) is 13.1 Å². The zero-order chi connectivity index (χ0) is 13.2. The summed E-state index contributed by atoms with van der Waals surface area (Å²) in [5.74, 6) is 1.09. The quantitative estimate of drug-likeness (QED) is 0.819. The van der Waals surface area contributed by atoms with Crippen molar-refractivity contribution in [3.8, 4) is 0 Å². The lowest BCUT2D eigenvalue weighted by molar-refractivity contribution is -0.136. The first-order chi connectivity index (χ1) is 8.47. The van der Waals surface area contributed by atoms with Crippen LogP contribution in [-0.2, 0) is 4.79 Å². The molecule has 2 aliphatic rings. The van der Waals surface area contributed by atoms with E-state index in [-0.39, 0.29) is 5.54 Å². The molecule has 3 heteroatoms. The molecular weight excluding hydrogens is 224 g/mol. The van der Waals surface area contributed by atoms with Crippen LogP contribution in [0.5, 0.6) is 0 Å². The number of carbonyl (C=O) groups excluding carboxylic acids is 1. The fourth-order valence-corrected chi connectivity index (χ4v) is 3.38. The largest absolute Gasteiger partial charge is 0.338 e. The standard InChI is InChI=1S/C15H28N2O/c1-15(2,3)16-11-14(18)17-10-6-8-12-7-4-5-9-13(12)17/h12-13,16H,4-11H2,1-3H3. The summed E-state index contributed by atoms with van der Waals surface area (Å²) in [5, 5.41) is 3.32. The maximum atomic E-state index is 12.4. The highest BCUT2D eigenvalue weighted by Gasteiger charge is 2.35. The Kier molecular flexibility index (Phi) is 4.31. The Morgan fingerprint density at radius 1 is 1.17 bits per heavy atom. The molecule has 0 radical (unpaired) electrons. The second kappa shape index (κ2) is 5.60. The van der Waals surface area contributed by atoms with Crippen LogP contribution in [0.1, 0.15) is 59.3 Å². The van der Waals surface area contributed by atoms with Gasteiger partial charge < -0.3 is 10.2 Å². The minimum absolute atomic E-state index is 0.0252. The molecule has 0 aromatic heterocycles. The Morgan fingerprint density at radius 2 is 1.83 bits per heavy atom. The molecule has 0 aromatic rings. The van der Waals surface area contributed by atoms with E-state index in [4.69, 9.17) is 0 Å². The molecule has 1 saturated heterocycles. The van der Waals surface area contributed by atoms with Crippen molar-refractivity contribution in [2.24, 2.45) is 5.92 Å². The van der Waals surface area contributed by atoms with Crippen LogP contribution in [0.25, 0.3) is 0 Å². The van der Waals surface area contributed by atoms with E-state index in [1.165, 1.54) is 38.5 Å². The van der Waals surface area contributed by atoms with Gasteiger partial charge in [0, 0.05) is 18.1 Å². The second-order valence-corrected chi connectivity index (χ2v) is 6.94. The number of nitrogens with one attached hydrogen (secondary N) is 1. The number of amides is 1. The molecule has 0 aromatic carbocycles. The highest BCUT2D eigenvalue weighted by Crippen LogP contribution is 2.35. The third-order valence-electron chi connectivity index (χ3n) is 4.33. The Hall–Kier alpha value is -0.570. The van der Waals surface area contributed by atoms with Gasteiger partial charge in [0.25, 0.3) is 0 Å². The molecule has 1 aliphatic heterocycles. The molecular formula is C15H28N2O. The zero-order valence-electron chi connectivity index (χ0n) is 12.2. The van der Waals surface area contributed by atoms with Crippen molar-refractivity contribution >= 4 is 5.91 Å². The van der Waals surface area contributed by atoms with Crippen LogP contribution in [0.15, 0.2) is 0 Å². The summed E-state index contributed by atoms with van der Waals surface area (Å²) in [6.07, 6.45) is 7.76. The number of fused-ring (bicyclic) bond motifs is 1. The predicted octanol–water partition coefficient (Wildman–Crippen LogP) is 2.56. The minimum Gasteiger partial charge on any atom is -0.338 e. The van der Waals surface area contributed by atoms with Crippen molar-refractivity contribution in [2.45, 2.75) is 70.9 Å². The summed E-state index contributed by atoms with van der Waals surface area (Å²) in [6, 6.07) is 0.543. The van der Waals surface area contributed by atoms with Crippen molar-refractivity contribution in [1.29, 1.82) is 0 Å². The van der Waals surface area contributed by atoms with Crippen molar-refractivity contribution in [3.63, 3.8) is 0 Å². The van der Waals surface area contributed by atoms with Gasteiger partial charge in [0.2, 0.25) is 5.91 Å². The zero-order valence-corrected chi connectivity index (χ0v) is 12.2. The summed E-state index contributed by atoms with van der Waals surface area (Å²) >= 11 is 0. The van der Waals surface area contributed by atoms with E-state index in [2.05, 4.69) is 31.0 Å². The first-order valence-corrected chi connectivity index (χ1v) is 7.52. The van der Waals surface area contributed by atoms with Gasteiger partial charge in [0.05, 0.1) is 6.54 Å². The Bertz CT molecular complexity index is 293. The highest BCUT2D eigenvalue weighted by atomic mass is 16.2.